The van der Waals surface area contributed by atoms with Crippen molar-refractivity contribution in [1.29, 1.82) is 0 Å². The Labute approximate surface area is 136 Å². The first-order valence-corrected chi connectivity index (χ1v) is 7.96. The quantitative estimate of drug-likeness (QED) is 0.511. The molecule has 0 bridgehead atoms. The lowest BCUT2D eigenvalue weighted by atomic mass is 9.95. The van der Waals surface area contributed by atoms with Crippen LogP contribution in [0.15, 0.2) is 6.33 Å². The van der Waals surface area contributed by atoms with Crippen molar-refractivity contribution in [2.75, 3.05) is 6.54 Å². The van der Waals surface area contributed by atoms with E-state index in [2.05, 4.69) is 15.3 Å². The molecule has 1 aromatic rings. The number of rotatable bonds is 6. The van der Waals surface area contributed by atoms with E-state index < -0.39 is 17.9 Å². The Morgan fingerprint density at radius 1 is 1.43 bits per heavy atom. The summed E-state index contributed by atoms with van der Waals surface area (Å²) in [5.74, 6) is -1.27. The van der Waals surface area contributed by atoms with Crippen LogP contribution in [0.2, 0.25) is 0 Å². The Kier molecular flexibility index (Phi) is 8.28. The number of carbonyl (C=O) groups excluding carboxylic acids is 1. The minimum atomic E-state index is -0.749. The second-order valence-corrected chi connectivity index (χ2v) is 5.69. The number of aromatic nitrogens is 2. The number of aromatic amines is 1. The average Bonchev–Trinajstić information content (AvgIpc) is 2.98. The highest BCUT2D eigenvalue weighted by molar-refractivity contribution is 5.91. The van der Waals surface area contributed by atoms with E-state index in [1.807, 2.05) is 0 Å². The van der Waals surface area contributed by atoms with E-state index in [9.17, 15) is 9.59 Å². The van der Waals surface area contributed by atoms with Crippen LogP contribution in [0, 0.1) is 0 Å². The number of amides is 1. The Balaban J connectivity index is 0.000000231. The van der Waals surface area contributed by atoms with Crippen molar-refractivity contribution in [2.24, 2.45) is 11.5 Å². The van der Waals surface area contributed by atoms with Gasteiger partial charge in [-0.25, -0.2) is 4.98 Å². The van der Waals surface area contributed by atoms with Gasteiger partial charge in [0.1, 0.15) is 11.7 Å². The molecular formula is C15H27N5O3. The maximum Gasteiger partial charge on any atom is 0.320 e. The van der Waals surface area contributed by atoms with Crippen LogP contribution < -0.4 is 16.8 Å². The Bertz CT molecular complexity index is 497. The third-order valence-corrected chi connectivity index (χ3v) is 3.81. The number of nitrogens with two attached hydrogens (primary N) is 2. The van der Waals surface area contributed by atoms with Gasteiger partial charge in [-0.1, -0.05) is 19.3 Å². The molecule has 7 N–H and O–H groups in total. The van der Waals surface area contributed by atoms with Crippen LogP contribution in [-0.2, 0) is 11.2 Å². The molecule has 2 rings (SSSR count). The van der Waals surface area contributed by atoms with Gasteiger partial charge in [-0.3, -0.25) is 9.59 Å². The lowest BCUT2D eigenvalue weighted by Gasteiger charge is -2.24. The van der Waals surface area contributed by atoms with Gasteiger partial charge >= 0.3 is 5.97 Å². The zero-order valence-electron chi connectivity index (χ0n) is 13.5. The monoisotopic (exact) mass is 325 g/mol. The Morgan fingerprint density at radius 2 is 2.09 bits per heavy atom. The number of carbonyl (C=O) groups is 2. The van der Waals surface area contributed by atoms with Crippen LogP contribution in [-0.4, -0.2) is 45.6 Å². The number of primary amides is 1. The SMILES string of the molecule is C[C@H](NC1CCCCC1)C(=O)O.NCCc1[nH]cnc1C(N)=O. The highest BCUT2D eigenvalue weighted by atomic mass is 16.4. The fourth-order valence-electron chi connectivity index (χ4n) is 2.56. The fourth-order valence-corrected chi connectivity index (χ4v) is 2.56. The molecule has 1 amide bonds. The highest BCUT2D eigenvalue weighted by Crippen LogP contribution is 2.17. The minimum absolute atomic E-state index is 0.287. The molecule has 1 fully saturated rings. The number of H-pyrrole nitrogens is 1. The summed E-state index contributed by atoms with van der Waals surface area (Å²) in [6.45, 7) is 2.18. The molecule has 130 valence electrons. The van der Waals surface area contributed by atoms with Crippen molar-refractivity contribution in [3.05, 3.63) is 17.7 Å². The second kappa shape index (κ2) is 9.96. The first-order chi connectivity index (χ1) is 11.0. The van der Waals surface area contributed by atoms with Crippen LogP contribution in [0.4, 0.5) is 0 Å². The van der Waals surface area contributed by atoms with Crippen LogP contribution in [0.3, 0.4) is 0 Å². The Morgan fingerprint density at radius 3 is 2.61 bits per heavy atom. The lowest BCUT2D eigenvalue weighted by Crippen LogP contribution is -2.42. The summed E-state index contributed by atoms with van der Waals surface area (Å²) in [7, 11) is 0. The summed E-state index contributed by atoms with van der Waals surface area (Å²) in [5, 5.41) is 11.8. The van der Waals surface area contributed by atoms with Crippen LogP contribution in [0.1, 0.15) is 55.2 Å². The molecule has 8 heteroatoms. The van der Waals surface area contributed by atoms with Crippen molar-refractivity contribution >= 4 is 11.9 Å². The van der Waals surface area contributed by atoms with E-state index in [1.54, 1.807) is 6.92 Å². The van der Waals surface area contributed by atoms with E-state index in [4.69, 9.17) is 16.6 Å². The molecule has 0 radical (unpaired) electrons. The third kappa shape index (κ3) is 6.79. The molecule has 1 aromatic heterocycles. The van der Waals surface area contributed by atoms with Crippen LogP contribution >= 0.6 is 0 Å². The number of hydrogen-bond donors (Lipinski definition) is 5. The minimum Gasteiger partial charge on any atom is -0.480 e. The van der Waals surface area contributed by atoms with Crippen molar-refractivity contribution in [2.45, 2.75) is 57.5 Å². The summed E-state index contributed by atoms with van der Waals surface area (Å²) in [4.78, 5) is 27.7. The summed E-state index contributed by atoms with van der Waals surface area (Å²) in [5.41, 5.74) is 11.3. The number of carboxylic acids is 1. The maximum atomic E-state index is 10.7. The first kappa shape index (κ1) is 19.1. The zero-order chi connectivity index (χ0) is 17.2. The number of nitrogens with zero attached hydrogens (tertiary/aromatic N) is 1. The smallest absolute Gasteiger partial charge is 0.320 e. The van der Waals surface area contributed by atoms with Crippen LogP contribution in [0.25, 0.3) is 0 Å². The normalized spacial score (nSPS) is 16.3. The molecule has 1 heterocycles. The highest BCUT2D eigenvalue weighted by Gasteiger charge is 2.18. The molecule has 1 aliphatic carbocycles. The van der Waals surface area contributed by atoms with Gasteiger partial charge < -0.3 is 26.9 Å². The lowest BCUT2D eigenvalue weighted by molar-refractivity contribution is -0.139. The standard InChI is InChI=1S/C9H17NO2.C6H10N4O/c1-7(9(11)12)10-8-5-3-2-4-6-8;7-2-1-4-5(6(8)11)10-3-9-4/h7-8,10H,2-6H2,1H3,(H,11,12);3H,1-2,7H2,(H2,8,11)(H,9,10)/t7-;/m0./s1. The number of hydrogen-bond acceptors (Lipinski definition) is 5. The molecule has 1 aliphatic rings. The predicted octanol–water partition coefficient (Wildman–Crippen LogP) is 0.392. The molecule has 0 saturated heterocycles. The summed E-state index contributed by atoms with van der Waals surface area (Å²) in [6, 6.07) is 0.0398. The van der Waals surface area contributed by atoms with Gasteiger partial charge in [0.15, 0.2) is 0 Å². The van der Waals surface area contributed by atoms with Gasteiger partial charge in [0.25, 0.3) is 5.91 Å². The van der Waals surface area contributed by atoms with Crippen molar-refractivity contribution in [1.82, 2.24) is 15.3 Å². The van der Waals surface area contributed by atoms with Crippen LogP contribution in [0.5, 0.6) is 0 Å². The van der Waals surface area contributed by atoms with E-state index >= 15 is 0 Å². The fraction of sp³-hybridized carbons (Fsp3) is 0.667. The number of aliphatic carboxylic acids is 1. The third-order valence-electron chi connectivity index (χ3n) is 3.81. The van der Waals surface area contributed by atoms with E-state index in [0.29, 0.717) is 24.7 Å². The summed E-state index contributed by atoms with van der Waals surface area (Å²) < 4.78 is 0. The molecule has 0 spiro atoms. The maximum absolute atomic E-state index is 10.7. The van der Waals surface area contributed by atoms with Crippen molar-refractivity contribution in [3.63, 3.8) is 0 Å². The van der Waals surface area contributed by atoms with E-state index in [1.165, 1.54) is 25.6 Å². The summed E-state index contributed by atoms with van der Waals surface area (Å²) in [6.07, 6.45) is 8.09. The molecule has 0 aliphatic heterocycles. The van der Waals surface area contributed by atoms with Gasteiger partial charge in [-0.15, -0.1) is 0 Å². The van der Waals surface area contributed by atoms with Gasteiger partial charge in [0.2, 0.25) is 0 Å². The van der Waals surface area contributed by atoms with Gasteiger partial charge in [-0.2, -0.15) is 0 Å². The number of nitrogens with one attached hydrogen (secondary N) is 2. The van der Waals surface area contributed by atoms with E-state index in [-0.39, 0.29) is 5.69 Å². The molecule has 1 atom stereocenters. The van der Waals surface area contributed by atoms with Gasteiger partial charge in [-0.05, 0) is 26.3 Å². The van der Waals surface area contributed by atoms with Crippen molar-refractivity contribution < 1.29 is 14.7 Å². The van der Waals surface area contributed by atoms with Crippen molar-refractivity contribution in [3.8, 4) is 0 Å². The van der Waals surface area contributed by atoms with E-state index in [0.717, 1.165) is 12.8 Å². The first-order valence-electron chi connectivity index (χ1n) is 7.96. The van der Waals surface area contributed by atoms with Gasteiger partial charge in [0, 0.05) is 18.2 Å². The number of imidazole rings is 1. The molecule has 23 heavy (non-hydrogen) atoms. The molecule has 0 unspecified atom stereocenters. The second-order valence-electron chi connectivity index (χ2n) is 5.69. The Hall–Kier alpha value is -1.93. The predicted molar refractivity (Wildman–Crippen MR) is 87.0 cm³/mol. The largest absolute Gasteiger partial charge is 0.480 e. The zero-order valence-corrected chi connectivity index (χ0v) is 13.5. The topological polar surface area (TPSA) is 147 Å². The summed E-state index contributed by atoms with van der Waals surface area (Å²) >= 11 is 0. The average molecular weight is 325 g/mol. The number of carboxylic acid groups (broad SMARTS) is 1. The molecular weight excluding hydrogens is 298 g/mol. The van der Waals surface area contributed by atoms with Gasteiger partial charge in [0.05, 0.1) is 6.33 Å². The molecule has 8 nitrogen and oxygen atoms in total. The molecule has 0 aromatic carbocycles. The molecule has 1 saturated carbocycles.